The molecule has 0 aromatic rings. The molecule has 0 aliphatic carbocycles. The van der Waals surface area contributed by atoms with E-state index in [9.17, 15) is 0 Å². The predicted octanol–water partition coefficient (Wildman–Crippen LogP) is 0.874. The second-order valence-corrected chi connectivity index (χ2v) is 9.26. The van der Waals surface area contributed by atoms with E-state index in [0.717, 1.165) is 5.54 Å². The van der Waals surface area contributed by atoms with Crippen molar-refractivity contribution >= 4 is 19.0 Å². The van der Waals surface area contributed by atoms with E-state index in [1.54, 1.807) is 28.4 Å². The molecule has 0 N–H and O–H groups in total. The van der Waals surface area contributed by atoms with E-state index in [1.165, 1.54) is 25.3 Å². The molecule has 0 saturated carbocycles. The summed E-state index contributed by atoms with van der Waals surface area (Å²) in [7, 11) is 6.39. The third kappa shape index (κ3) is 9.24. The van der Waals surface area contributed by atoms with Crippen LogP contribution in [0.5, 0.6) is 0 Å². The van der Waals surface area contributed by atoms with Gasteiger partial charge in [0.1, 0.15) is 11.8 Å². The van der Waals surface area contributed by atoms with Gasteiger partial charge in [0.15, 0.2) is 0 Å². The van der Waals surface area contributed by atoms with Gasteiger partial charge in [-0.3, -0.25) is 0 Å². The Morgan fingerprint density at radius 1 is 0.833 bits per heavy atom. The Labute approximate surface area is 116 Å². The van der Waals surface area contributed by atoms with Crippen LogP contribution in [0.15, 0.2) is 0 Å². The lowest BCUT2D eigenvalue weighted by Gasteiger charge is -2.17. The van der Waals surface area contributed by atoms with Crippen LogP contribution in [0.4, 0.5) is 0 Å². The molecule has 0 aromatic heterocycles. The zero-order valence-corrected chi connectivity index (χ0v) is 15.4. The summed E-state index contributed by atoms with van der Waals surface area (Å²) < 4.78 is 21.0. The zero-order chi connectivity index (χ0) is 13.8. The van der Waals surface area contributed by atoms with Crippen LogP contribution in [0.1, 0.15) is 26.2 Å². The van der Waals surface area contributed by atoms with E-state index in [1.807, 2.05) is 0 Å². The Hall–Kier alpha value is 0.274. The molecule has 4 nitrogen and oxygen atoms in total. The average Bonchev–Trinajstić information content (AvgIpc) is 2.40. The molecule has 0 amide bonds. The normalized spacial score (nSPS) is 14.8. The van der Waals surface area contributed by atoms with Gasteiger partial charge in [-0.15, -0.1) is 0 Å². The lowest BCUT2D eigenvalue weighted by Crippen LogP contribution is -2.24. The third-order valence-electron chi connectivity index (χ3n) is 3.28. The van der Waals surface area contributed by atoms with Crippen molar-refractivity contribution in [1.29, 1.82) is 0 Å². The van der Waals surface area contributed by atoms with E-state index in [0.29, 0.717) is 0 Å². The van der Waals surface area contributed by atoms with Crippen LogP contribution >= 0.6 is 0 Å². The van der Waals surface area contributed by atoms with Crippen LogP contribution in [-0.4, -0.2) is 59.3 Å². The lowest BCUT2D eigenvalue weighted by molar-refractivity contribution is -0.0448. The highest BCUT2D eigenvalue weighted by molar-refractivity contribution is 6.38. The van der Waals surface area contributed by atoms with E-state index in [-0.39, 0.29) is 30.9 Å². The molecule has 0 heterocycles. The quantitative estimate of drug-likeness (QED) is 0.304. The molecule has 0 rings (SSSR count). The molecule has 1 atom stereocenters. The van der Waals surface area contributed by atoms with Crippen LogP contribution in [0.2, 0.25) is 11.6 Å². The first-order valence-electron chi connectivity index (χ1n) is 6.79. The Kier molecular flexibility index (Phi) is 12.5. The first-order chi connectivity index (χ1) is 8.67. The van der Waals surface area contributed by atoms with E-state index in [2.05, 4.69) is 6.92 Å². The van der Waals surface area contributed by atoms with Crippen LogP contribution in [0, 0.1) is 0 Å². The minimum atomic E-state index is -0.292. The highest BCUT2D eigenvalue weighted by atomic mass is 28.2. The second-order valence-electron chi connectivity index (χ2n) is 4.78. The fourth-order valence-electron chi connectivity index (χ4n) is 2.05. The fraction of sp³-hybridized carbons (Fsp3) is 1.00. The molecule has 110 valence electrons. The van der Waals surface area contributed by atoms with Crippen molar-refractivity contribution in [2.45, 2.75) is 49.6 Å². The third-order valence-corrected chi connectivity index (χ3v) is 7.59. The molecule has 18 heavy (non-hydrogen) atoms. The van der Waals surface area contributed by atoms with Crippen LogP contribution in [0.3, 0.4) is 0 Å². The molecule has 0 saturated heterocycles. The van der Waals surface area contributed by atoms with Gasteiger partial charge in [0.25, 0.3) is 0 Å². The summed E-state index contributed by atoms with van der Waals surface area (Å²) in [5.41, 5.74) is 0.789. The highest BCUT2D eigenvalue weighted by Gasteiger charge is 2.12. The fourth-order valence-corrected chi connectivity index (χ4v) is 5.06. The summed E-state index contributed by atoms with van der Waals surface area (Å²) in [4.78, 5) is 0. The average molecular weight is 295 g/mol. The number of ether oxygens (including phenoxy) is 4. The standard InChI is InChI=1S/C12H30O4Si2/c1-10(18-12(15-4)16-5)8-6-7-9-17-11(13-2)14-3/h10-12H,6-9,17-18H2,1-5H3. The number of hydrogen-bond donors (Lipinski definition) is 0. The molecule has 0 aromatic carbocycles. The summed E-state index contributed by atoms with van der Waals surface area (Å²) in [6.07, 6.45) is 3.91. The molecule has 0 radical (unpaired) electrons. The number of methoxy groups -OCH3 is 4. The Balaban J connectivity index is 3.48. The van der Waals surface area contributed by atoms with Gasteiger partial charge < -0.3 is 18.9 Å². The Bertz CT molecular complexity index is 175. The minimum absolute atomic E-state index is 0.0840. The molecule has 0 aliphatic heterocycles. The van der Waals surface area contributed by atoms with Crippen LogP contribution in [-0.2, 0) is 18.9 Å². The van der Waals surface area contributed by atoms with Crippen LogP contribution in [0.25, 0.3) is 0 Å². The summed E-state index contributed by atoms with van der Waals surface area (Å²) in [5.74, 6) is 0.184. The maximum atomic E-state index is 5.27. The van der Waals surface area contributed by atoms with Gasteiger partial charge in [-0.25, -0.2) is 0 Å². The second kappa shape index (κ2) is 12.3. The van der Waals surface area contributed by atoms with Gasteiger partial charge in [0, 0.05) is 28.4 Å². The molecule has 6 heteroatoms. The van der Waals surface area contributed by atoms with Crippen molar-refractivity contribution in [1.82, 2.24) is 0 Å². The first kappa shape index (κ1) is 18.3. The van der Waals surface area contributed by atoms with Gasteiger partial charge >= 0.3 is 0 Å². The molecular formula is C12H30O4Si2. The Morgan fingerprint density at radius 2 is 1.39 bits per heavy atom. The van der Waals surface area contributed by atoms with Gasteiger partial charge in [0.05, 0.1) is 19.0 Å². The number of hydrogen-bond acceptors (Lipinski definition) is 4. The van der Waals surface area contributed by atoms with Gasteiger partial charge in [-0.1, -0.05) is 32.2 Å². The lowest BCUT2D eigenvalue weighted by atomic mass is 10.2. The largest absolute Gasteiger partial charge is 0.360 e. The van der Waals surface area contributed by atoms with Crippen molar-refractivity contribution in [3.63, 3.8) is 0 Å². The monoisotopic (exact) mass is 294 g/mol. The first-order valence-corrected chi connectivity index (χ1v) is 10.2. The summed E-state index contributed by atoms with van der Waals surface area (Å²) in [5, 5.41) is 0. The smallest absolute Gasteiger partial charge is 0.134 e. The zero-order valence-electron chi connectivity index (χ0n) is 12.6. The number of rotatable bonds is 12. The summed E-state index contributed by atoms with van der Waals surface area (Å²) in [6, 6.07) is 1.30. The van der Waals surface area contributed by atoms with E-state index < -0.39 is 0 Å². The van der Waals surface area contributed by atoms with Crippen molar-refractivity contribution in [3.8, 4) is 0 Å². The molecular weight excluding hydrogens is 264 g/mol. The summed E-state index contributed by atoms with van der Waals surface area (Å²) in [6.45, 7) is 2.32. The maximum Gasteiger partial charge on any atom is 0.134 e. The van der Waals surface area contributed by atoms with E-state index >= 15 is 0 Å². The van der Waals surface area contributed by atoms with Gasteiger partial charge in [-0.05, 0) is 5.54 Å². The maximum absolute atomic E-state index is 5.27. The summed E-state index contributed by atoms with van der Waals surface area (Å²) >= 11 is 0. The predicted molar refractivity (Wildman–Crippen MR) is 80.8 cm³/mol. The highest BCUT2D eigenvalue weighted by Crippen LogP contribution is 2.16. The van der Waals surface area contributed by atoms with Gasteiger partial charge in [0.2, 0.25) is 0 Å². The minimum Gasteiger partial charge on any atom is -0.360 e. The van der Waals surface area contributed by atoms with Crippen LogP contribution < -0.4 is 0 Å². The van der Waals surface area contributed by atoms with E-state index in [4.69, 9.17) is 18.9 Å². The SMILES string of the molecule is COC(OC)[SiH2]CCCCC(C)[SiH2]C(OC)OC. The van der Waals surface area contributed by atoms with Crippen molar-refractivity contribution < 1.29 is 18.9 Å². The molecule has 0 spiro atoms. The molecule has 1 unspecified atom stereocenters. The topological polar surface area (TPSA) is 36.9 Å². The molecule has 0 bridgehead atoms. The van der Waals surface area contributed by atoms with Crippen molar-refractivity contribution in [3.05, 3.63) is 0 Å². The molecule has 0 aliphatic rings. The van der Waals surface area contributed by atoms with Crippen molar-refractivity contribution in [2.24, 2.45) is 0 Å². The molecule has 0 fully saturated rings. The van der Waals surface area contributed by atoms with Crippen molar-refractivity contribution in [2.75, 3.05) is 28.4 Å². The Morgan fingerprint density at radius 3 is 1.89 bits per heavy atom. The van der Waals surface area contributed by atoms with Gasteiger partial charge in [-0.2, -0.15) is 0 Å². The number of unbranched alkanes of at least 4 members (excludes halogenated alkanes) is 1.